The minimum absolute atomic E-state index is 0.0271. The maximum Gasteiger partial charge on any atom is 0.306 e. The van der Waals surface area contributed by atoms with Gasteiger partial charge in [0.15, 0.2) is 11.5 Å². The van der Waals surface area contributed by atoms with Crippen molar-refractivity contribution in [1.82, 2.24) is 4.90 Å². The van der Waals surface area contributed by atoms with Crippen molar-refractivity contribution in [1.29, 1.82) is 0 Å². The molecule has 2 aliphatic heterocycles. The van der Waals surface area contributed by atoms with Crippen LogP contribution in [0.15, 0.2) is 36.4 Å². The number of hydrogen-bond donors (Lipinski definition) is 1. The largest absolute Gasteiger partial charge is 0.504 e. The lowest BCUT2D eigenvalue weighted by Crippen LogP contribution is -2.68. The Morgan fingerprint density at radius 3 is 2.76 bits per heavy atom. The average Bonchev–Trinajstić information content (AvgIpc) is 3.23. The van der Waals surface area contributed by atoms with E-state index in [0.717, 1.165) is 43.5 Å². The maximum atomic E-state index is 12.5. The zero-order valence-corrected chi connectivity index (χ0v) is 23.2. The molecule has 0 unspecified atom stereocenters. The van der Waals surface area contributed by atoms with Gasteiger partial charge in [0.1, 0.15) is 11.7 Å². The number of ether oxygens (including phenoxy) is 2. The van der Waals surface area contributed by atoms with Crippen LogP contribution in [0.3, 0.4) is 0 Å². The Morgan fingerprint density at radius 1 is 1.21 bits per heavy atom. The topological polar surface area (TPSA) is 71.5 Å². The van der Waals surface area contributed by atoms with Crippen LogP contribution in [-0.2, 0) is 32.6 Å². The number of esters is 1. The fourth-order valence-electron chi connectivity index (χ4n) is 7.93. The molecule has 7 heteroatoms. The molecule has 2 heterocycles. The summed E-state index contributed by atoms with van der Waals surface area (Å²) < 4.78 is 12.3. The van der Waals surface area contributed by atoms with E-state index in [9.17, 15) is 9.90 Å². The predicted molar refractivity (Wildman–Crippen MR) is 146 cm³/mol. The van der Waals surface area contributed by atoms with Crippen molar-refractivity contribution in [3.63, 3.8) is 0 Å². The quantitative estimate of drug-likeness (QED) is 0.435. The van der Waals surface area contributed by atoms with Crippen molar-refractivity contribution in [2.75, 3.05) is 25.8 Å². The van der Waals surface area contributed by atoms with Crippen LogP contribution >= 0.6 is 0 Å². The molecule has 1 spiro atoms. The summed E-state index contributed by atoms with van der Waals surface area (Å²) in [6, 6.07) is 12.5. The molecule has 2 fully saturated rings. The number of hydroxylamine groups is 1. The average molecular weight is 521 g/mol. The molecule has 1 saturated heterocycles. The number of piperidine rings is 1. The van der Waals surface area contributed by atoms with Gasteiger partial charge in [0, 0.05) is 23.4 Å². The third-order valence-corrected chi connectivity index (χ3v) is 9.31. The molecule has 2 aliphatic carbocycles. The number of carbonyl (C=O) groups excluding carboxylic acids is 1. The second-order valence-corrected chi connectivity index (χ2v) is 12.5. The normalized spacial score (nSPS) is 29.4. The number of rotatable bonds is 6. The van der Waals surface area contributed by atoms with E-state index in [2.05, 4.69) is 30.1 Å². The highest BCUT2D eigenvalue weighted by Gasteiger charge is 2.66. The van der Waals surface area contributed by atoms with Gasteiger partial charge in [-0.3, -0.25) is 9.63 Å². The summed E-state index contributed by atoms with van der Waals surface area (Å²) in [6.07, 6.45) is 4.77. The van der Waals surface area contributed by atoms with Crippen molar-refractivity contribution in [2.45, 2.75) is 88.5 Å². The van der Waals surface area contributed by atoms with Crippen LogP contribution in [0.25, 0.3) is 0 Å². The van der Waals surface area contributed by atoms with Crippen LogP contribution in [-0.4, -0.2) is 60.5 Å². The van der Waals surface area contributed by atoms with Gasteiger partial charge in [-0.15, -0.1) is 0 Å². The molecule has 6 rings (SSSR count). The lowest BCUT2D eigenvalue weighted by Gasteiger charge is -2.59. The third-order valence-electron chi connectivity index (χ3n) is 9.31. The number of likely N-dealkylation sites (tertiary alicyclic amines) is 1. The van der Waals surface area contributed by atoms with E-state index in [4.69, 9.17) is 14.3 Å². The summed E-state index contributed by atoms with van der Waals surface area (Å²) in [5.74, 6) is 1.21. The van der Waals surface area contributed by atoms with Crippen LogP contribution in [0.2, 0.25) is 0 Å². The molecular weight excluding hydrogens is 480 g/mol. The van der Waals surface area contributed by atoms with E-state index in [1.165, 1.54) is 11.1 Å². The van der Waals surface area contributed by atoms with Crippen molar-refractivity contribution in [3.8, 4) is 11.5 Å². The monoisotopic (exact) mass is 520 g/mol. The Balaban J connectivity index is 1.35. The molecule has 2 aromatic carbocycles. The first-order valence-corrected chi connectivity index (χ1v) is 14.0. The number of carbonyl (C=O) groups is 1. The number of nitrogens with zero attached hydrogens (tertiary/aromatic N) is 2. The van der Waals surface area contributed by atoms with Gasteiger partial charge in [-0.05, 0) is 95.6 Å². The summed E-state index contributed by atoms with van der Waals surface area (Å²) in [5.41, 5.74) is 3.93. The maximum absolute atomic E-state index is 12.5. The second-order valence-electron chi connectivity index (χ2n) is 12.5. The fraction of sp³-hybridized carbons (Fsp3) is 0.581. The molecule has 0 radical (unpaired) electrons. The first kappa shape index (κ1) is 25.5. The first-order valence-electron chi connectivity index (χ1n) is 14.0. The highest BCUT2D eigenvalue weighted by atomic mass is 16.7. The van der Waals surface area contributed by atoms with Crippen LogP contribution in [0.5, 0.6) is 11.5 Å². The number of phenolic OH excluding ortho intramolecular Hbond substituents is 1. The first-order chi connectivity index (χ1) is 18.1. The van der Waals surface area contributed by atoms with Gasteiger partial charge in [0.2, 0.25) is 0 Å². The Labute approximate surface area is 225 Å². The van der Waals surface area contributed by atoms with Crippen LogP contribution in [0, 0.1) is 5.92 Å². The van der Waals surface area contributed by atoms with Gasteiger partial charge in [0.05, 0.1) is 18.8 Å². The SMILES string of the molecule is CON(c1ccccc1CCC(=O)OC(C)(C)C)[C@@H]1CC[C@H]2[C@H]3Cc4ccc(O)c5c4[C@@]2(CCN3C)[C@H]1O5. The summed E-state index contributed by atoms with van der Waals surface area (Å²) in [5, 5.41) is 12.9. The summed E-state index contributed by atoms with van der Waals surface area (Å²) in [4.78, 5) is 21.2. The number of phenols is 1. The number of para-hydroxylation sites is 1. The molecule has 1 N–H and O–H groups in total. The summed E-state index contributed by atoms with van der Waals surface area (Å²) in [6.45, 7) is 6.69. The fourth-order valence-corrected chi connectivity index (χ4v) is 7.93. The molecule has 7 nitrogen and oxygen atoms in total. The number of benzene rings is 2. The Hall–Kier alpha value is -2.77. The van der Waals surface area contributed by atoms with Gasteiger partial charge < -0.3 is 19.5 Å². The number of aryl methyl sites for hydroxylation is 1. The molecule has 38 heavy (non-hydrogen) atoms. The van der Waals surface area contributed by atoms with E-state index in [1.54, 1.807) is 13.2 Å². The molecular formula is C31H40N2O5. The summed E-state index contributed by atoms with van der Waals surface area (Å²) >= 11 is 0. The van der Waals surface area contributed by atoms with Crippen molar-refractivity contribution >= 4 is 11.7 Å². The molecule has 0 amide bonds. The van der Waals surface area contributed by atoms with Crippen LogP contribution < -0.4 is 9.80 Å². The lowest BCUT2D eigenvalue weighted by molar-refractivity contribution is -0.154. The standard InChI is InChI=1S/C31H40N2O5/c1-30(2,3)38-26(35)15-11-19-8-6-7-9-22(19)33(36-5)23-13-12-21-24-18-20-10-14-25(34)28-27(20)31(21,29(23)37-28)16-17-32(24)4/h6-10,14,21,23-24,29,34H,11-13,15-18H2,1-5H3/t21-,23+,24+,29-,31-/m0/s1. The van der Waals surface area contributed by atoms with Crippen molar-refractivity contribution < 1.29 is 24.2 Å². The lowest BCUT2D eigenvalue weighted by atomic mass is 9.51. The van der Waals surface area contributed by atoms with Gasteiger partial charge >= 0.3 is 5.97 Å². The highest BCUT2D eigenvalue weighted by Crippen LogP contribution is 2.64. The molecule has 4 aliphatic rings. The molecule has 5 atom stereocenters. The van der Waals surface area contributed by atoms with E-state index in [0.29, 0.717) is 30.6 Å². The van der Waals surface area contributed by atoms with Crippen molar-refractivity contribution in [2.24, 2.45) is 5.92 Å². The number of likely N-dealkylation sites (N-methyl/N-ethyl adjacent to an activating group) is 1. The van der Waals surface area contributed by atoms with Crippen molar-refractivity contribution in [3.05, 3.63) is 53.1 Å². The minimum atomic E-state index is -0.502. The predicted octanol–water partition coefficient (Wildman–Crippen LogP) is 4.77. The van der Waals surface area contributed by atoms with Gasteiger partial charge in [-0.1, -0.05) is 24.3 Å². The van der Waals surface area contributed by atoms with Gasteiger partial charge in [-0.25, -0.2) is 5.06 Å². The second kappa shape index (κ2) is 9.16. The molecule has 1 saturated carbocycles. The van der Waals surface area contributed by atoms with E-state index >= 15 is 0 Å². The number of aromatic hydroxyl groups is 1. The minimum Gasteiger partial charge on any atom is -0.504 e. The Bertz CT molecular complexity index is 1240. The van der Waals surface area contributed by atoms with Crippen LogP contribution in [0.4, 0.5) is 5.69 Å². The van der Waals surface area contributed by atoms with E-state index < -0.39 is 5.60 Å². The smallest absolute Gasteiger partial charge is 0.306 e. The summed E-state index contributed by atoms with van der Waals surface area (Å²) in [7, 11) is 3.97. The van der Waals surface area contributed by atoms with E-state index in [-0.39, 0.29) is 29.3 Å². The van der Waals surface area contributed by atoms with E-state index in [1.807, 2.05) is 38.0 Å². The van der Waals surface area contributed by atoms with Gasteiger partial charge in [-0.2, -0.15) is 0 Å². The number of hydrogen-bond acceptors (Lipinski definition) is 7. The molecule has 0 aromatic heterocycles. The molecule has 2 bridgehead atoms. The Morgan fingerprint density at radius 2 is 2.00 bits per heavy atom. The number of anilines is 1. The van der Waals surface area contributed by atoms with Crippen LogP contribution in [0.1, 0.15) is 63.1 Å². The molecule has 2 aromatic rings. The highest BCUT2D eigenvalue weighted by molar-refractivity contribution is 5.71. The third kappa shape index (κ3) is 3.89. The van der Waals surface area contributed by atoms with Gasteiger partial charge in [0.25, 0.3) is 0 Å². The zero-order chi connectivity index (χ0) is 26.8. The zero-order valence-electron chi connectivity index (χ0n) is 23.2. The Kier molecular flexibility index (Phi) is 6.15. The molecule has 204 valence electrons.